The van der Waals surface area contributed by atoms with Crippen LogP contribution in [0.4, 0.5) is 0 Å². The van der Waals surface area contributed by atoms with E-state index in [1.54, 1.807) is 13.0 Å². The molecular weight excluding hydrogens is 498 g/mol. The van der Waals surface area contributed by atoms with E-state index in [1.807, 2.05) is 63.7 Å². The summed E-state index contributed by atoms with van der Waals surface area (Å²) in [6.07, 6.45) is 0.194. The minimum atomic E-state index is -0.552. The van der Waals surface area contributed by atoms with E-state index in [1.165, 1.54) is 11.8 Å². The number of amidine groups is 1. The smallest absolute Gasteiger partial charge is 0.338 e. The second-order valence-electron chi connectivity index (χ2n) is 8.47. The maximum absolute atomic E-state index is 13.5. The van der Waals surface area contributed by atoms with Crippen LogP contribution in [0.5, 0.6) is 0 Å². The molecule has 186 valence electrons. The van der Waals surface area contributed by atoms with E-state index in [0.29, 0.717) is 47.8 Å². The second-order valence-corrected chi connectivity index (χ2v) is 9.74. The van der Waals surface area contributed by atoms with Gasteiger partial charge in [0.15, 0.2) is 5.17 Å². The first kappa shape index (κ1) is 24.6. The molecule has 1 saturated heterocycles. The molecule has 0 aromatic heterocycles. The van der Waals surface area contributed by atoms with Crippen molar-refractivity contribution in [3.63, 3.8) is 0 Å². The van der Waals surface area contributed by atoms with E-state index >= 15 is 0 Å². The number of hydrogen-bond acceptors (Lipinski definition) is 7. The molecule has 3 aliphatic rings. The number of amides is 1. The van der Waals surface area contributed by atoms with Crippen LogP contribution in [0, 0.1) is 0 Å². The minimum Gasteiger partial charge on any atom is -0.463 e. The Balaban J connectivity index is 1.60. The van der Waals surface area contributed by atoms with Gasteiger partial charge in [-0.2, -0.15) is 0 Å². The van der Waals surface area contributed by atoms with Gasteiger partial charge in [-0.25, -0.2) is 9.79 Å². The zero-order valence-electron chi connectivity index (χ0n) is 19.9. The maximum atomic E-state index is 13.5. The Morgan fingerprint density at radius 1 is 1.14 bits per heavy atom. The van der Waals surface area contributed by atoms with Gasteiger partial charge >= 0.3 is 5.97 Å². The van der Waals surface area contributed by atoms with Crippen molar-refractivity contribution in [3.05, 3.63) is 87.4 Å². The van der Waals surface area contributed by atoms with Crippen LogP contribution in [0.15, 0.2) is 76.3 Å². The Hall–Kier alpha value is -3.07. The van der Waals surface area contributed by atoms with Gasteiger partial charge in [-0.05, 0) is 30.0 Å². The van der Waals surface area contributed by atoms with Gasteiger partial charge in [-0.1, -0.05) is 65.8 Å². The Kier molecular flexibility index (Phi) is 7.46. The van der Waals surface area contributed by atoms with Crippen molar-refractivity contribution < 1.29 is 19.1 Å². The lowest BCUT2D eigenvalue weighted by atomic mass is 9.91. The third-order valence-electron chi connectivity index (χ3n) is 6.21. The van der Waals surface area contributed by atoms with Crippen molar-refractivity contribution in [2.45, 2.75) is 19.4 Å². The molecule has 2 aromatic carbocycles. The number of benzene rings is 2. The molecular formula is C27H26ClN3O4S. The van der Waals surface area contributed by atoms with Crippen LogP contribution >= 0.6 is 23.4 Å². The molecule has 7 nitrogen and oxygen atoms in total. The highest BCUT2D eigenvalue weighted by molar-refractivity contribution is 8.16. The fourth-order valence-electron chi connectivity index (χ4n) is 4.56. The Morgan fingerprint density at radius 3 is 2.64 bits per heavy atom. The van der Waals surface area contributed by atoms with Crippen molar-refractivity contribution in [2.24, 2.45) is 4.99 Å². The minimum absolute atomic E-state index is 0.0202. The third-order valence-corrected chi connectivity index (χ3v) is 7.34. The first-order chi connectivity index (χ1) is 17.6. The zero-order chi connectivity index (χ0) is 25.1. The van der Waals surface area contributed by atoms with Crippen LogP contribution in [0.1, 0.15) is 30.5 Å². The molecule has 0 spiro atoms. The predicted octanol–water partition coefficient (Wildman–Crippen LogP) is 4.86. The number of hydrogen-bond donors (Lipinski definition) is 0. The summed E-state index contributed by atoms with van der Waals surface area (Å²) in [5, 5.41) is 3.21. The Morgan fingerprint density at radius 2 is 1.92 bits per heavy atom. The van der Waals surface area contributed by atoms with Gasteiger partial charge in [0.2, 0.25) is 5.91 Å². The highest BCUT2D eigenvalue weighted by Crippen LogP contribution is 2.47. The van der Waals surface area contributed by atoms with Gasteiger partial charge in [-0.3, -0.25) is 4.79 Å². The molecule has 2 aromatic rings. The lowest BCUT2D eigenvalue weighted by Gasteiger charge is -2.37. The summed E-state index contributed by atoms with van der Waals surface area (Å²) in [6, 6.07) is 16.5. The monoisotopic (exact) mass is 523 g/mol. The molecule has 0 bridgehead atoms. The number of carbonyl (C=O) groups excluding carboxylic acids is 2. The number of morpholine rings is 1. The maximum Gasteiger partial charge on any atom is 0.338 e. The number of ether oxygens (including phenoxy) is 2. The molecule has 0 saturated carbocycles. The highest BCUT2D eigenvalue weighted by atomic mass is 35.5. The van der Waals surface area contributed by atoms with Crippen molar-refractivity contribution in [2.75, 3.05) is 32.9 Å². The van der Waals surface area contributed by atoms with Crippen molar-refractivity contribution in [3.8, 4) is 0 Å². The standard InChI is InChI=1S/C27H26ClN3O4S/c1-2-35-26(33)23-24(18-7-4-3-5-8-18)29-27-31(25(23)19-9-6-10-20(28)15-19)21(17-36-27)16-22(32)30-11-13-34-14-12-30/h3-10,15,17,25H,2,11-14,16H2,1H3/t25-/m1/s1. The number of carbonyl (C=O) groups is 2. The SMILES string of the molecule is CCOC(=O)C1=C(c2ccccc2)N=C2SC=C(CC(=O)N3CCOCC3)N2[C@@H]1c1cccc(Cl)c1. The fourth-order valence-corrected chi connectivity index (χ4v) is 5.68. The van der Waals surface area contributed by atoms with Crippen LogP contribution in [0.25, 0.3) is 5.70 Å². The predicted molar refractivity (Wildman–Crippen MR) is 141 cm³/mol. The molecule has 0 unspecified atom stereocenters. The fraction of sp³-hybridized carbons (Fsp3) is 0.296. The van der Waals surface area contributed by atoms with Gasteiger partial charge in [-0.15, -0.1) is 0 Å². The Bertz CT molecular complexity index is 1250. The van der Waals surface area contributed by atoms with E-state index in [2.05, 4.69) is 0 Å². The Labute approximate surface area is 219 Å². The van der Waals surface area contributed by atoms with Gasteiger partial charge < -0.3 is 19.3 Å². The number of aliphatic imine (C=N–C) groups is 1. The topological polar surface area (TPSA) is 71.4 Å². The largest absolute Gasteiger partial charge is 0.463 e. The number of esters is 1. The van der Waals surface area contributed by atoms with Crippen molar-refractivity contribution >= 4 is 46.1 Å². The molecule has 3 heterocycles. The van der Waals surface area contributed by atoms with E-state index in [0.717, 1.165) is 16.8 Å². The van der Waals surface area contributed by atoms with E-state index in [9.17, 15) is 9.59 Å². The van der Waals surface area contributed by atoms with Crippen molar-refractivity contribution in [1.82, 2.24) is 9.80 Å². The van der Waals surface area contributed by atoms with Gasteiger partial charge in [0.1, 0.15) is 0 Å². The molecule has 0 N–H and O–H groups in total. The summed E-state index contributed by atoms with van der Waals surface area (Å²) >= 11 is 7.85. The summed E-state index contributed by atoms with van der Waals surface area (Å²) in [6.45, 7) is 4.24. The number of fused-ring (bicyclic) bond motifs is 1. The van der Waals surface area contributed by atoms with Crippen molar-refractivity contribution in [1.29, 1.82) is 0 Å². The van der Waals surface area contributed by atoms with E-state index in [-0.39, 0.29) is 18.9 Å². The first-order valence-electron chi connectivity index (χ1n) is 11.9. The molecule has 0 radical (unpaired) electrons. The number of rotatable bonds is 6. The summed E-state index contributed by atoms with van der Waals surface area (Å²) in [5.41, 5.74) is 3.40. The third kappa shape index (κ3) is 4.93. The first-order valence-corrected chi connectivity index (χ1v) is 13.1. The quantitative estimate of drug-likeness (QED) is 0.503. The molecule has 9 heteroatoms. The van der Waals surface area contributed by atoms with Crippen LogP contribution < -0.4 is 0 Å². The van der Waals surface area contributed by atoms with Crippen LogP contribution in [0.2, 0.25) is 5.02 Å². The van der Waals surface area contributed by atoms with Gasteiger partial charge in [0.05, 0.1) is 43.6 Å². The molecule has 1 fully saturated rings. The summed E-state index contributed by atoms with van der Waals surface area (Å²) in [7, 11) is 0. The van der Waals surface area contributed by atoms with E-state index in [4.69, 9.17) is 26.1 Å². The zero-order valence-corrected chi connectivity index (χ0v) is 21.4. The van der Waals surface area contributed by atoms with Gasteiger partial charge in [0.25, 0.3) is 0 Å². The van der Waals surface area contributed by atoms with E-state index < -0.39 is 12.0 Å². The second kappa shape index (κ2) is 10.9. The molecule has 5 rings (SSSR count). The summed E-state index contributed by atoms with van der Waals surface area (Å²) < 4.78 is 10.9. The summed E-state index contributed by atoms with van der Waals surface area (Å²) in [5.74, 6) is -0.424. The van der Waals surface area contributed by atoms with Gasteiger partial charge in [0, 0.05) is 29.4 Å². The van der Waals surface area contributed by atoms with Crippen LogP contribution in [-0.2, 0) is 19.1 Å². The lowest BCUT2D eigenvalue weighted by Crippen LogP contribution is -2.42. The average Bonchev–Trinajstić information content (AvgIpc) is 3.31. The number of halogens is 1. The lowest BCUT2D eigenvalue weighted by molar-refractivity contribution is -0.139. The molecule has 1 atom stereocenters. The number of thioether (sulfide) groups is 1. The normalized spacial score (nSPS) is 19.6. The molecule has 1 amide bonds. The summed E-state index contributed by atoms with van der Waals surface area (Å²) in [4.78, 5) is 35.4. The number of nitrogens with zero attached hydrogens (tertiary/aromatic N) is 3. The molecule has 36 heavy (non-hydrogen) atoms. The van der Waals surface area contributed by atoms with Crippen LogP contribution in [-0.4, -0.2) is 59.8 Å². The highest BCUT2D eigenvalue weighted by Gasteiger charge is 2.42. The van der Waals surface area contributed by atoms with Crippen LogP contribution in [0.3, 0.4) is 0 Å². The molecule has 0 aliphatic carbocycles. The average molecular weight is 524 g/mol. The molecule has 3 aliphatic heterocycles.